The van der Waals surface area contributed by atoms with E-state index in [1.165, 1.54) is 11.3 Å². The highest BCUT2D eigenvalue weighted by Crippen LogP contribution is 2.21. The highest BCUT2D eigenvalue weighted by atomic mass is 32.1. The smallest absolute Gasteiger partial charge is 0.263 e. The van der Waals surface area contributed by atoms with Crippen LogP contribution >= 0.6 is 22.7 Å². The fourth-order valence-corrected chi connectivity index (χ4v) is 3.64. The summed E-state index contributed by atoms with van der Waals surface area (Å²) in [5.74, 6) is -0.0722. The summed E-state index contributed by atoms with van der Waals surface area (Å²) in [6, 6.07) is 5.97. The minimum Gasteiger partial charge on any atom is -0.347 e. The highest BCUT2D eigenvalue weighted by molar-refractivity contribution is 7.13. The molecule has 0 saturated carbocycles. The molecule has 0 spiro atoms. The minimum absolute atomic E-state index is 0.0722. The molecule has 4 nitrogen and oxygen atoms in total. The largest absolute Gasteiger partial charge is 0.347 e. The number of nitrogens with zero attached hydrogens (tertiary/aromatic N) is 2. The number of hydrogen-bond acceptors (Lipinski definition) is 5. The summed E-state index contributed by atoms with van der Waals surface area (Å²) in [6.07, 6.45) is 1.77. The van der Waals surface area contributed by atoms with E-state index in [2.05, 4.69) is 20.7 Å². The van der Waals surface area contributed by atoms with Crippen LogP contribution in [0.4, 0.5) is 0 Å². The predicted octanol–water partition coefficient (Wildman–Crippen LogP) is 3.81. The maximum Gasteiger partial charge on any atom is 0.263 e. The van der Waals surface area contributed by atoms with E-state index in [0.717, 1.165) is 27.5 Å². The molecule has 0 radical (unpaired) electrons. The first-order chi connectivity index (χ1) is 10.6. The number of carbonyl (C=O) groups is 1. The molecule has 0 aliphatic rings. The van der Waals surface area contributed by atoms with Gasteiger partial charge in [0, 0.05) is 23.7 Å². The maximum atomic E-state index is 12.2. The number of thiazole rings is 1. The molecule has 1 N–H and O–H groups in total. The number of amides is 1. The van der Waals surface area contributed by atoms with Crippen LogP contribution in [0, 0.1) is 13.8 Å². The standard InChI is InChI=1S/C16H15N3OS2/c1-10-15(22-11(2)19-10)16(20)18-8-12-3-5-17-14(7-12)13-4-6-21-9-13/h3-7,9H,8H2,1-2H3,(H,18,20). The van der Waals surface area contributed by atoms with Gasteiger partial charge in [0.1, 0.15) is 4.88 Å². The number of thiophene rings is 1. The molecule has 6 heteroatoms. The Morgan fingerprint density at radius 3 is 2.86 bits per heavy atom. The van der Waals surface area contributed by atoms with Gasteiger partial charge in [-0.2, -0.15) is 11.3 Å². The third-order valence-electron chi connectivity index (χ3n) is 3.20. The number of hydrogen-bond donors (Lipinski definition) is 1. The number of carbonyl (C=O) groups excluding carboxylic acids is 1. The molecule has 3 aromatic rings. The highest BCUT2D eigenvalue weighted by Gasteiger charge is 2.13. The molecule has 3 rings (SSSR count). The molecule has 0 unspecified atom stereocenters. The van der Waals surface area contributed by atoms with Crippen LogP contribution in [0.2, 0.25) is 0 Å². The number of nitrogens with one attached hydrogen (secondary N) is 1. The van der Waals surface area contributed by atoms with Gasteiger partial charge in [-0.15, -0.1) is 11.3 Å². The fourth-order valence-electron chi connectivity index (χ4n) is 2.16. The molecule has 0 bridgehead atoms. The zero-order valence-corrected chi connectivity index (χ0v) is 13.9. The van der Waals surface area contributed by atoms with Crippen molar-refractivity contribution in [1.82, 2.24) is 15.3 Å². The average molecular weight is 329 g/mol. The number of pyridine rings is 1. The predicted molar refractivity (Wildman–Crippen MR) is 90.3 cm³/mol. The van der Waals surface area contributed by atoms with Crippen LogP contribution in [-0.2, 0) is 6.54 Å². The summed E-state index contributed by atoms with van der Waals surface area (Å²) < 4.78 is 0. The van der Waals surface area contributed by atoms with Gasteiger partial charge in [0.2, 0.25) is 0 Å². The molecule has 0 aliphatic heterocycles. The lowest BCUT2D eigenvalue weighted by Gasteiger charge is -2.06. The van der Waals surface area contributed by atoms with Gasteiger partial charge in [-0.25, -0.2) is 4.98 Å². The zero-order chi connectivity index (χ0) is 15.5. The van der Waals surface area contributed by atoms with Crippen LogP contribution in [0.3, 0.4) is 0 Å². The Kier molecular flexibility index (Phi) is 4.31. The van der Waals surface area contributed by atoms with Crippen LogP contribution in [0.25, 0.3) is 11.3 Å². The second-order valence-electron chi connectivity index (χ2n) is 4.89. The van der Waals surface area contributed by atoms with Crippen molar-refractivity contribution in [2.75, 3.05) is 0 Å². The van der Waals surface area contributed by atoms with Gasteiger partial charge >= 0.3 is 0 Å². The van der Waals surface area contributed by atoms with Crippen molar-refractivity contribution in [1.29, 1.82) is 0 Å². The van der Waals surface area contributed by atoms with E-state index in [9.17, 15) is 4.79 Å². The molecule has 0 aliphatic carbocycles. The summed E-state index contributed by atoms with van der Waals surface area (Å²) in [5, 5.41) is 7.95. The van der Waals surface area contributed by atoms with Gasteiger partial charge in [-0.05, 0) is 43.0 Å². The third kappa shape index (κ3) is 3.23. The van der Waals surface area contributed by atoms with Crippen molar-refractivity contribution in [3.05, 3.63) is 56.3 Å². The van der Waals surface area contributed by atoms with Gasteiger partial charge in [-0.3, -0.25) is 9.78 Å². The zero-order valence-electron chi connectivity index (χ0n) is 12.3. The van der Waals surface area contributed by atoms with Crippen molar-refractivity contribution in [2.45, 2.75) is 20.4 Å². The minimum atomic E-state index is -0.0722. The Morgan fingerprint density at radius 2 is 2.18 bits per heavy atom. The van der Waals surface area contributed by atoms with Gasteiger partial charge in [0.25, 0.3) is 5.91 Å². The van der Waals surface area contributed by atoms with Crippen molar-refractivity contribution in [3.8, 4) is 11.3 Å². The third-order valence-corrected chi connectivity index (χ3v) is 4.96. The SMILES string of the molecule is Cc1nc(C)c(C(=O)NCc2ccnc(-c3ccsc3)c2)s1. The molecule has 0 fully saturated rings. The van der Waals surface area contributed by atoms with E-state index in [4.69, 9.17) is 0 Å². The quantitative estimate of drug-likeness (QED) is 0.792. The lowest BCUT2D eigenvalue weighted by molar-refractivity contribution is 0.0954. The molecule has 3 aromatic heterocycles. The number of aryl methyl sites for hydroxylation is 2. The first kappa shape index (κ1) is 14.9. The van der Waals surface area contributed by atoms with Crippen molar-refractivity contribution in [3.63, 3.8) is 0 Å². The van der Waals surface area contributed by atoms with Gasteiger partial charge in [-0.1, -0.05) is 0 Å². The lowest BCUT2D eigenvalue weighted by Crippen LogP contribution is -2.22. The molecular formula is C16H15N3OS2. The first-order valence-electron chi connectivity index (χ1n) is 6.83. The topological polar surface area (TPSA) is 54.9 Å². The molecule has 3 heterocycles. The second kappa shape index (κ2) is 6.37. The van der Waals surface area contributed by atoms with Crippen LogP contribution in [0.15, 0.2) is 35.2 Å². The first-order valence-corrected chi connectivity index (χ1v) is 8.59. The van der Waals surface area contributed by atoms with Crippen molar-refractivity contribution < 1.29 is 4.79 Å². The molecular weight excluding hydrogens is 314 g/mol. The molecule has 1 amide bonds. The number of rotatable bonds is 4. The van der Waals surface area contributed by atoms with Crippen molar-refractivity contribution >= 4 is 28.6 Å². The summed E-state index contributed by atoms with van der Waals surface area (Å²) >= 11 is 3.07. The summed E-state index contributed by atoms with van der Waals surface area (Å²) in [7, 11) is 0. The van der Waals surface area contributed by atoms with Crippen LogP contribution in [-0.4, -0.2) is 15.9 Å². The molecule has 0 saturated heterocycles. The van der Waals surface area contributed by atoms with Crippen LogP contribution < -0.4 is 5.32 Å². The molecule has 0 aromatic carbocycles. The fraction of sp³-hybridized carbons (Fsp3) is 0.188. The Labute approximate surface area is 136 Å². The Bertz CT molecular complexity index is 794. The van der Waals surface area contributed by atoms with E-state index in [1.54, 1.807) is 17.5 Å². The maximum absolute atomic E-state index is 12.2. The van der Waals surface area contributed by atoms with Gasteiger partial charge in [0.05, 0.1) is 16.4 Å². The monoisotopic (exact) mass is 329 g/mol. The molecule has 22 heavy (non-hydrogen) atoms. The molecule has 112 valence electrons. The van der Waals surface area contributed by atoms with Crippen molar-refractivity contribution in [2.24, 2.45) is 0 Å². The summed E-state index contributed by atoms with van der Waals surface area (Å²) in [5.41, 5.74) is 3.85. The normalized spacial score (nSPS) is 10.6. The van der Waals surface area contributed by atoms with E-state index < -0.39 is 0 Å². The number of aromatic nitrogens is 2. The Morgan fingerprint density at radius 1 is 1.32 bits per heavy atom. The summed E-state index contributed by atoms with van der Waals surface area (Å²) in [6.45, 7) is 4.25. The second-order valence-corrected chi connectivity index (χ2v) is 6.87. The van der Waals surface area contributed by atoms with E-state index in [-0.39, 0.29) is 5.91 Å². The Balaban J connectivity index is 1.70. The lowest BCUT2D eigenvalue weighted by atomic mass is 10.1. The van der Waals surface area contributed by atoms with Gasteiger partial charge in [0.15, 0.2) is 0 Å². The average Bonchev–Trinajstić information content (AvgIpc) is 3.15. The molecule has 0 atom stereocenters. The van der Waals surface area contributed by atoms with Crippen LogP contribution in [0.1, 0.15) is 25.9 Å². The van der Waals surface area contributed by atoms with Gasteiger partial charge < -0.3 is 5.32 Å². The van der Waals surface area contributed by atoms with E-state index in [0.29, 0.717) is 11.4 Å². The summed E-state index contributed by atoms with van der Waals surface area (Å²) in [4.78, 5) is 21.6. The van der Waals surface area contributed by atoms with Crippen LogP contribution in [0.5, 0.6) is 0 Å². The Hall–Kier alpha value is -2.05. The van der Waals surface area contributed by atoms with E-state index in [1.807, 2.05) is 37.4 Å². The van der Waals surface area contributed by atoms with E-state index >= 15 is 0 Å².